The molecular weight excluding hydrogens is 486 g/mol. The zero-order chi connectivity index (χ0) is 25.9. The number of benzene rings is 3. The number of rotatable bonds is 8. The summed E-state index contributed by atoms with van der Waals surface area (Å²) in [5, 5.41) is 2.52. The number of nitrogens with zero attached hydrogens (tertiary/aromatic N) is 1. The quantitative estimate of drug-likeness (QED) is 0.443. The van der Waals surface area contributed by atoms with E-state index in [1.54, 1.807) is 12.1 Å². The molecule has 11 heteroatoms. The topological polar surface area (TPSA) is 145 Å². The van der Waals surface area contributed by atoms with E-state index in [2.05, 4.69) is 5.32 Å². The third-order valence-electron chi connectivity index (χ3n) is 5.61. The average molecular weight is 510 g/mol. The summed E-state index contributed by atoms with van der Waals surface area (Å²) in [6, 6.07) is 17.0. The zero-order valence-electron chi connectivity index (χ0n) is 19.3. The van der Waals surface area contributed by atoms with Gasteiger partial charge in [0.1, 0.15) is 11.3 Å². The molecule has 0 aromatic heterocycles. The lowest BCUT2D eigenvalue weighted by molar-refractivity contribution is -0.119. The second-order valence-corrected chi connectivity index (χ2v) is 9.75. The number of hydrogen-bond acceptors (Lipinski definition) is 7. The molecule has 36 heavy (non-hydrogen) atoms. The van der Waals surface area contributed by atoms with Crippen LogP contribution in [-0.2, 0) is 26.0 Å². The summed E-state index contributed by atoms with van der Waals surface area (Å²) in [5.74, 6) is -2.06. The Morgan fingerprint density at radius 3 is 2.44 bits per heavy atom. The van der Waals surface area contributed by atoms with Crippen LogP contribution in [0.4, 0.5) is 11.4 Å². The number of sulfonamides is 1. The van der Waals surface area contributed by atoms with Crippen molar-refractivity contribution in [3.8, 4) is 5.75 Å². The van der Waals surface area contributed by atoms with Crippen LogP contribution in [-0.4, -0.2) is 46.5 Å². The highest BCUT2D eigenvalue weighted by atomic mass is 32.2. The molecule has 0 radical (unpaired) electrons. The lowest BCUT2D eigenvalue weighted by atomic mass is 10.2. The highest BCUT2D eigenvalue weighted by Crippen LogP contribution is 2.34. The number of para-hydroxylation sites is 1. The molecule has 3 N–H and O–H groups in total. The largest absolute Gasteiger partial charge is 0.496 e. The van der Waals surface area contributed by atoms with E-state index in [0.29, 0.717) is 17.8 Å². The molecule has 3 aromatic rings. The zero-order valence-corrected chi connectivity index (χ0v) is 20.1. The van der Waals surface area contributed by atoms with Crippen LogP contribution in [0.15, 0.2) is 71.6 Å². The summed E-state index contributed by atoms with van der Waals surface area (Å²) in [7, 11) is -2.62. The lowest BCUT2D eigenvalue weighted by Crippen LogP contribution is -2.29. The van der Waals surface area contributed by atoms with Crippen molar-refractivity contribution in [2.75, 3.05) is 29.9 Å². The fourth-order valence-electron chi connectivity index (χ4n) is 3.82. The van der Waals surface area contributed by atoms with Crippen LogP contribution in [0.3, 0.4) is 0 Å². The summed E-state index contributed by atoms with van der Waals surface area (Å²) >= 11 is 0. The number of carbonyl (C=O) groups is 3. The molecule has 10 nitrogen and oxygen atoms in total. The molecule has 2 amide bonds. The van der Waals surface area contributed by atoms with Crippen molar-refractivity contribution in [2.24, 2.45) is 5.73 Å². The number of methoxy groups -OCH3 is 1. The Morgan fingerprint density at radius 2 is 1.75 bits per heavy atom. The third-order valence-corrected chi connectivity index (χ3v) is 7.42. The van der Waals surface area contributed by atoms with E-state index < -0.39 is 34.4 Å². The Bertz CT molecular complexity index is 1440. The molecule has 4 rings (SSSR count). The Labute approximate surface area is 207 Å². The molecule has 0 bridgehead atoms. The van der Waals surface area contributed by atoms with E-state index >= 15 is 0 Å². The summed E-state index contributed by atoms with van der Waals surface area (Å²) in [6.45, 7) is -0.343. The first-order valence-electron chi connectivity index (χ1n) is 10.9. The smallest absolute Gasteiger partial charge is 0.342 e. The molecule has 1 aliphatic rings. The minimum atomic E-state index is -3.96. The van der Waals surface area contributed by atoms with Gasteiger partial charge in [0, 0.05) is 17.8 Å². The van der Waals surface area contributed by atoms with Crippen LogP contribution in [0, 0.1) is 0 Å². The molecule has 0 spiro atoms. The molecule has 0 aliphatic carbocycles. The van der Waals surface area contributed by atoms with Gasteiger partial charge in [-0.2, -0.15) is 0 Å². The van der Waals surface area contributed by atoms with Crippen molar-refractivity contribution >= 4 is 39.2 Å². The number of amides is 2. The van der Waals surface area contributed by atoms with E-state index in [1.165, 1.54) is 53.9 Å². The molecule has 0 unspecified atom stereocenters. The Morgan fingerprint density at radius 1 is 1.03 bits per heavy atom. The molecule has 0 atom stereocenters. The van der Waals surface area contributed by atoms with E-state index in [9.17, 15) is 22.8 Å². The van der Waals surface area contributed by atoms with Gasteiger partial charge in [-0.3, -0.25) is 13.9 Å². The third kappa shape index (κ3) is 5.01. The molecule has 1 heterocycles. The summed E-state index contributed by atoms with van der Waals surface area (Å²) < 4.78 is 38.3. The van der Waals surface area contributed by atoms with Crippen molar-refractivity contribution in [1.29, 1.82) is 0 Å². The number of fused-ring (bicyclic) bond motifs is 1. The van der Waals surface area contributed by atoms with Crippen LogP contribution in [0.2, 0.25) is 0 Å². The predicted octanol–water partition coefficient (Wildman–Crippen LogP) is 2.34. The normalized spacial score (nSPS) is 12.5. The van der Waals surface area contributed by atoms with Gasteiger partial charge in [-0.25, -0.2) is 13.2 Å². The second-order valence-electron chi connectivity index (χ2n) is 7.88. The molecule has 0 saturated carbocycles. The van der Waals surface area contributed by atoms with Crippen LogP contribution in [0.25, 0.3) is 0 Å². The van der Waals surface area contributed by atoms with Gasteiger partial charge in [-0.1, -0.05) is 18.2 Å². The number of nitrogens with one attached hydrogen (secondary N) is 1. The van der Waals surface area contributed by atoms with E-state index in [4.69, 9.17) is 15.2 Å². The van der Waals surface area contributed by atoms with Crippen LogP contribution in [0.5, 0.6) is 5.75 Å². The number of esters is 1. The Hall–Kier alpha value is -4.38. The van der Waals surface area contributed by atoms with Gasteiger partial charge in [0.2, 0.25) is 5.91 Å². The van der Waals surface area contributed by atoms with Crippen molar-refractivity contribution < 1.29 is 32.3 Å². The molecule has 0 fully saturated rings. The van der Waals surface area contributed by atoms with Crippen molar-refractivity contribution in [3.05, 3.63) is 83.4 Å². The van der Waals surface area contributed by atoms with Crippen molar-refractivity contribution in [3.63, 3.8) is 0 Å². The lowest BCUT2D eigenvalue weighted by Gasteiger charge is -2.20. The van der Waals surface area contributed by atoms with Gasteiger partial charge in [0.15, 0.2) is 6.61 Å². The molecular formula is C25H23N3O7S. The first-order chi connectivity index (χ1) is 17.2. The second kappa shape index (κ2) is 10.1. The van der Waals surface area contributed by atoms with E-state index in [1.807, 2.05) is 12.1 Å². The van der Waals surface area contributed by atoms with E-state index in [-0.39, 0.29) is 28.3 Å². The molecule has 0 saturated heterocycles. The standard InChI is InChI=1S/C25H23N3O7S/c1-34-22-11-10-19(36(32,33)28-13-12-16-4-2-3-5-21(16)28)14-20(22)25(31)35-15-23(29)27-18-8-6-17(7-9-18)24(26)30/h2-11,14H,12-13,15H2,1H3,(H2,26,30)(H,27,29). The van der Waals surface area contributed by atoms with Gasteiger partial charge in [0.05, 0.1) is 17.7 Å². The number of hydrogen-bond donors (Lipinski definition) is 2. The first-order valence-corrected chi connectivity index (χ1v) is 12.3. The monoisotopic (exact) mass is 509 g/mol. The van der Waals surface area contributed by atoms with Gasteiger partial charge in [0.25, 0.3) is 15.9 Å². The highest BCUT2D eigenvalue weighted by Gasteiger charge is 2.32. The van der Waals surface area contributed by atoms with Gasteiger partial charge in [-0.05, 0) is 60.5 Å². The fraction of sp³-hybridized carbons (Fsp3) is 0.160. The number of carbonyl (C=O) groups excluding carboxylic acids is 3. The summed E-state index contributed by atoms with van der Waals surface area (Å²) in [6.07, 6.45) is 0.584. The minimum Gasteiger partial charge on any atom is -0.496 e. The van der Waals surface area contributed by atoms with Crippen molar-refractivity contribution in [1.82, 2.24) is 0 Å². The fourth-order valence-corrected chi connectivity index (χ4v) is 5.35. The van der Waals surface area contributed by atoms with E-state index in [0.717, 1.165) is 5.56 Å². The predicted molar refractivity (Wildman–Crippen MR) is 132 cm³/mol. The molecule has 3 aromatic carbocycles. The highest BCUT2D eigenvalue weighted by molar-refractivity contribution is 7.92. The summed E-state index contributed by atoms with van der Waals surface area (Å²) in [5.41, 5.74) is 7.22. The SMILES string of the molecule is COc1ccc(S(=O)(=O)N2CCc3ccccc32)cc1C(=O)OCC(=O)Nc1ccc(C(N)=O)cc1. The van der Waals surface area contributed by atoms with Crippen LogP contribution < -0.4 is 20.1 Å². The minimum absolute atomic E-state index is 0.100. The van der Waals surface area contributed by atoms with Gasteiger partial charge >= 0.3 is 5.97 Å². The average Bonchev–Trinajstić information content (AvgIpc) is 3.32. The van der Waals surface area contributed by atoms with Gasteiger partial charge < -0.3 is 20.5 Å². The van der Waals surface area contributed by atoms with Crippen molar-refractivity contribution in [2.45, 2.75) is 11.3 Å². The number of anilines is 2. The molecule has 186 valence electrons. The van der Waals surface area contributed by atoms with Crippen LogP contribution >= 0.6 is 0 Å². The first kappa shape index (κ1) is 24.7. The van der Waals surface area contributed by atoms with Gasteiger partial charge in [-0.15, -0.1) is 0 Å². The molecule has 1 aliphatic heterocycles. The number of nitrogens with two attached hydrogens (primary N) is 1. The Kier molecular flexibility index (Phi) is 6.93. The maximum Gasteiger partial charge on any atom is 0.342 e. The number of ether oxygens (including phenoxy) is 2. The van der Waals surface area contributed by atoms with Crippen LogP contribution in [0.1, 0.15) is 26.3 Å². The number of primary amides is 1. The maximum absolute atomic E-state index is 13.3. The summed E-state index contributed by atoms with van der Waals surface area (Å²) in [4.78, 5) is 36.0. The Balaban J connectivity index is 1.48. The maximum atomic E-state index is 13.3.